The number of carbonyl (C=O) groups excluding carboxylic acids is 2. The van der Waals surface area contributed by atoms with Crippen LogP contribution in [0.15, 0.2) is 0 Å². The summed E-state index contributed by atoms with van der Waals surface area (Å²) in [6.07, 6.45) is 0.633. The van der Waals surface area contributed by atoms with Gasteiger partial charge < -0.3 is 0 Å². The number of rotatable bonds is 1. The Kier molecular flexibility index (Phi) is 2.46. The van der Waals surface area contributed by atoms with Crippen LogP contribution in [0.4, 0.5) is 0 Å². The lowest BCUT2D eigenvalue weighted by Crippen LogP contribution is -2.56. The lowest BCUT2D eigenvalue weighted by atomic mass is 9.70. The van der Waals surface area contributed by atoms with Crippen molar-refractivity contribution in [3.63, 3.8) is 0 Å². The van der Waals surface area contributed by atoms with Crippen molar-refractivity contribution in [1.29, 1.82) is 0 Å². The van der Waals surface area contributed by atoms with E-state index < -0.39 is 10.8 Å². The zero-order valence-corrected chi connectivity index (χ0v) is 9.68. The van der Waals surface area contributed by atoms with E-state index in [4.69, 9.17) is 0 Å². The summed E-state index contributed by atoms with van der Waals surface area (Å²) in [5.41, 5.74) is -0.819. The van der Waals surface area contributed by atoms with Crippen molar-refractivity contribution in [3.05, 3.63) is 0 Å². The van der Waals surface area contributed by atoms with Gasteiger partial charge in [0, 0.05) is 17.4 Å². The Morgan fingerprint density at radius 2 is 1.43 bits per heavy atom. The van der Waals surface area contributed by atoms with E-state index in [1.54, 1.807) is 0 Å². The fourth-order valence-electron chi connectivity index (χ4n) is 2.37. The van der Waals surface area contributed by atoms with Crippen LogP contribution < -0.4 is 0 Å². The molecule has 3 heteroatoms. The maximum atomic E-state index is 11.9. The summed E-state index contributed by atoms with van der Waals surface area (Å²) in [4.78, 5) is 25.1. The van der Waals surface area contributed by atoms with E-state index in [2.05, 4.69) is 0 Å². The van der Waals surface area contributed by atoms with Crippen LogP contribution in [-0.2, 0) is 9.59 Å². The molecule has 0 bridgehead atoms. The lowest BCUT2D eigenvalue weighted by molar-refractivity contribution is -0.164. The van der Waals surface area contributed by atoms with Gasteiger partial charge in [0.25, 0.3) is 0 Å². The molecular weight excluding hydrogens is 178 g/mol. The van der Waals surface area contributed by atoms with Crippen molar-refractivity contribution in [2.24, 2.45) is 10.8 Å². The summed E-state index contributed by atoms with van der Waals surface area (Å²) < 4.78 is 0. The first-order valence-corrected chi connectivity index (χ1v) is 5.09. The molecule has 0 saturated carbocycles. The van der Waals surface area contributed by atoms with Gasteiger partial charge in [-0.25, -0.2) is 0 Å². The second kappa shape index (κ2) is 3.07. The number of hydrogen-bond acceptors (Lipinski definition) is 2. The number of amides is 2. The van der Waals surface area contributed by atoms with Gasteiger partial charge in [-0.05, 0) is 13.3 Å². The Balaban J connectivity index is 3.09. The molecule has 1 saturated heterocycles. The number of piperidine rings is 1. The fourth-order valence-corrected chi connectivity index (χ4v) is 2.37. The number of hydrogen-bond donors (Lipinski definition) is 0. The molecule has 0 aromatic rings. The Labute approximate surface area is 85.5 Å². The standard InChI is InChI=1S/C11H19NO2/c1-6-12-8(13)10(2,3)7-11(4,5)9(12)14/h6-7H2,1-5H3. The predicted octanol–water partition coefficient (Wildman–Crippen LogP) is 1.82. The van der Waals surface area contributed by atoms with Gasteiger partial charge in [0.05, 0.1) is 0 Å². The van der Waals surface area contributed by atoms with Crippen LogP contribution in [0.2, 0.25) is 0 Å². The minimum Gasteiger partial charge on any atom is -0.282 e. The van der Waals surface area contributed by atoms with Crippen LogP contribution in [0, 0.1) is 10.8 Å². The first-order chi connectivity index (χ1) is 6.22. The molecule has 0 aromatic heterocycles. The third-order valence-electron chi connectivity index (χ3n) is 2.85. The number of nitrogens with zero attached hydrogens (tertiary/aromatic N) is 1. The Bertz CT molecular complexity index is 253. The molecule has 1 fully saturated rings. The monoisotopic (exact) mass is 197 g/mol. The van der Waals surface area contributed by atoms with Crippen molar-refractivity contribution in [3.8, 4) is 0 Å². The van der Waals surface area contributed by atoms with Crippen LogP contribution in [-0.4, -0.2) is 23.3 Å². The molecule has 0 aromatic carbocycles. The van der Waals surface area contributed by atoms with E-state index in [0.29, 0.717) is 13.0 Å². The molecule has 3 nitrogen and oxygen atoms in total. The van der Waals surface area contributed by atoms with Gasteiger partial charge in [0.15, 0.2) is 0 Å². The zero-order valence-electron chi connectivity index (χ0n) is 9.68. The molecule has 0 N–H and O–H groups in total. The molecule has 0 radical (unpaired) electrons. The molecule has 0 aliphatic carbocycles. The lowest BCUT2D eigenvalue weighted by Gasteiger charge is -2.43. The smallest absolute Gasteiger partial charge is 0.234 e. The average Bonchev–Trinajstić information content (AvgIpc) is 2.01. The van der Waals surface area contributed by atoms with Crippen LogP contribution in [0.5, 0.6) is 0 Å². The molecule has 0 unspecified atom stereocenters. The second-order valence-corrected chi connectivity index (χ2v) is 5.30. The highest BCUT2D eigenvalue weighted by Gasteiger charge is 2.49. The molecule has 14 heavy (non-hydrogen) atoms. The van der Waals surface area contributed by atoms with Crippen molar-refractivity contribution < 1.29 is 9.59 Å². The quantitative estimate of drug-likeness (QED) is 0.601. The Hall–Kier alpha value is -0.860. The van der Waals surface area contributed by atoms with Crippen LogP contribution in [0.3, 0.4) is 0 Å². The number of likely N-dealkylation sites (tertiary alicyclic amines) is 1. The van der Waals surface area contributed by atoms with Gasteiger partial charge in [0.2, 0.25) is 11.8 Å². The normalized spacial score (nSPS) is 25.4. The summed E-state index contributed by atoms with van der Waals surface area (Å²) in [5, 5.41) is 0. The molecule has 1 heterocycles. The summed E-state index contributed by atoms with van der Waals surface area (Å²) in [6, 6.07) is 0. The summed E-state index contributed by atoms with van der Waals surface area (Å²) >= 11 is 0. The molecular formula is C11H19NO2. The first-order valence-electron chi connectivity index (χ1n) is 5.09. The number of imide groups is 1. The maximum Gasteiger partial charge on any atom is 0.234 e. The molecule has 1 rings (SSSR count). The highest BCUT2D eigenvalue weighted by molar-refractivity contribution is 6.02. The van der Waals surface area contributed by atoms with Gasteiger partial charge in [-0.2, -0.15) is 0 Å². The van der Waals surface area contributed by atoms with Gasteiger partial charge >= 0.3 is 0 Å². The van der Waals surface area contributed by atoms with E-state index in [9.17, 15) is 9.59 Å². The van der Waals surface area contributed by atoms with E-state index in [1.807, 2.05) is 34.6 Å². The van der Waals surface area contributed by atoms with E-state index in [0.717, 1.165) is 0 Å². The van der Waals surface area contributed by atoms with Crippen molar-refractivity contribution in [2.75, 3.05) is 6.54 Å². The van der Waals surface area contributed by atoms with Gasteiger partial charge in [-0.15, -0.1) is 0 Å². The zero-order chi connectivity index (χ0) is 11.1. The van der Waals surface area contributed by atoms with Crippen molar-refractivity contribution in [2.45, 2.75) is 41.0 Å². The Morgan fingerprint density at radius 3 is 1.71 bits per heavy atom. The maximum absolute atomic E-state index is 11.9. The predicted molar refractivity (Wildman–Crippen MR) is 54.6 cm³/mol. The molecule has 2 amide bonds. The summed E-state index contributed by atoms with van der Waals surface area (Å²) in [7, 11) is 0. The SMILES string of the molecule is CCN1C(=O)C(C)(C)CC(C)(C)C1=O. The molecule has 1 aliphatic rings. The third-order valence-corrected chi connectivity index (χ3v) is 2.85. The van der Waals surface area contributed by atoms with Crippen LogP contribution in [0.25, 0.3) is 0 Å². The molecule has 1 aliphatic heterocycles. The van der Waals surface area contributed by atoms with Gasteiger partial charge in [-0.1, -0.05) is 27.7 Å². The van der Waals surface area contributed by atoms with Crippen LogP contribution >= 0.6 is 0 Å². The highest BCUT2D eigenvalue weighted by atomic mass is 16.2. The average molecular weight is 197 g/mol. The molecule has 80 valence electrons. The fraction of sp³-hybridized carbons (Fsp3) is 0.818. The second-order valence-electron chi connectivity index (χ2n) is 5.30. The number of carbonyl (C=O) groups is 2. The Morgan fingerprint density at radius 1 is 1.07 bits per heavy atom. The highest BCUT2D eigenvalue weighted by Crippen LogP contribution is 2.41. The summed E-state index contributed by atoms with van der Waals surface area (Å²) in [6.45, 7) is 9.95. The molecule has 0 atom stereocenters. The van der Waals surface area contributed by atoms with Crippen molar-refractivity contribution in [1.82, 2.24) is 4.90 Å². The van der Waals surface area contributed by atoms with Crippen LogP contribution in [0.1, 0.15) is 41.0 Å². The van der Waals surface area contributed by atoms with Gasteiger partial charge in [0.1, 0.15) is 0 Å². The minimum atomic E-state index is -0.409. The van der Waals surface area contributed by atoms with E-state index in [1.165, 1.54) is 4.90 Å². The minimum absolute atomic E-state index is 0.0377. The topological polar surface area (TPSA) is 37.4 Å². The summed E-state index contributed by atoms with van der Waals surface area (Å²) in [5.74, 6) is -0.0753. The first kappa shape index (κ1) is 11.2. The third kappa shape index (κ3) is 1.56. The molecule has 0 spiro atoms. The van der Waals surface area contributed by atoms with Gasteiger partial charge in [-0.3, -0.25) is 14.5 Å². The van der Waals surface area contributed by atoms with E-state index in [-0.39, 0.29) is 11.8 Å². The van der Waals surface area contributed by atoms with E-state index >= 15 is 0 Å². The largest absolute Gasteiger partial charge is 0.282 e. The van der Waals surface area contributed by atoms with Crippen molar-refractivity contribution >= 4 is 11.8 Å².